The number of hydrogen-bond donors (Lipinski definition) is 1. The number of carbonyl (C=O) groups is 1. The van der Waals surface area contributed by atoms with Gasteiger partial charge in [-0.1, -0.05) is 18.2 Å². The molecule has 12 heteroatoms. The third-order valence-corrected chi connectivity index (χ3v) is 7.65. The van der Waals surface area contributed by atoms with Crippen molar-refractivity contribution in [1.82, 2.24) is 20.1 Å². The number of aromatic nitrogens is 3. The van der Waals surface area contributed by atoms with Crippen LogP contribution < -0.4 is 9.64 Å². The summed E-state index contributed by atoms with van der Waals surface area (Å²) >= 11 is 0. The number of aromatic amines is 1. The van der Waals surface area contributed by atoms with Crippen LogP contribution in [0.5, 0.6) is 5.88 Å². The van der Waals surface area contributed by atoms with E-state index in [9.17, 15) is 22.8 Å². The number of pyridine rings is 1. The van der Waals surface area contributed by atoms with Crippen molar-refractivity contribution in [3.8, 4) is 5.88 Å². The van der Waals surface area contributed by atoms with E-state index in [1.165, 1.54) is 9.80 Å². The van der Waals surface area contributed by atoms with Gasteiger partial charge in [0.1, 0.15) is 23.3 Å². The van der Waals surface area contributed by atoms with E-state index in [-0.39, 0.29) is 30.9 Å². The minimum atomic E-state index is -4.57. The molecular formula is C26H24F3N5O4. The number of hydrogen-bond acceptors (Lipinski definition) is 7. The fourth-order valence-electron chi connectivity index (χ4n) is 5.66. The number of fused-ring (bicyclic) bond motifs is 3. The van der Waals surface area contributed by atoms with Gasteiger partial charge in [-0.3, -0.25) is 9.89 Å². The molecule has 1 amide bonds. The summed E-state index contributed by atoms with van der Waals surface area (Å²) in [4.78, 5) is 33.1. The number of nitrogens with zero attached hydrogens (tertiary/aromatic N) is 4. The van der Waals surface area contributed by atoms with Crippen LogP contribution in [-0.2, 0) is 19.7 Å². The average Bonchev–Trinajstić information content (AvgIpc) is 3.43. The molecule has 1 unspecified atom stereocenters. The highest BCUT2D eigenvalue weighted by molar-refractivity contribution is 6.09. The molecular weight excluding hydrogens is 503 g/mol. The quantitative estimate of drug-likeness (QED) is 0.509. The van der Waals surface area contributed by atoms with E-state index in [0.717, 1.165) is 11.1 Å². The second kappa shape index (κ2) is 8.85. The molecule has 38 heavy (non-hydrogen) atoms. The number of amides is 1. The van der Waals surface area contributed by atoms with Gasteiger partial charge in [0, 0.05) is 24.6 Å². The number of rotatable bonds is 5. The van der Waals surface area contributed by atoms with Gasteiger partial charge in [-0.05, 0) is 24.6 Å². The summed E-state index contributed by atoms with van der Waals surface area (Å²) in [5, 5.41) is 6.79. The zero-order valence-corrected chi connectivity index (χ0v) is 20.4. The Morgan fingerprint density at radius 3 is 2.82 bits per heavy atom. The van der Waals surface area contributed by atoms with Gasteiger partial charge in [-0.2, -0.15) is 18.3 Å². The van der Waals surface area contributed by atoms with E-state index in [0.29, 0.717) is 29.9 Å². The fourth-order valence-corrected chi connectivity index (χ4v) is 5.66. The van der Waals surface area contributed by atoms with Crippen molar-refractivity contribution in [3.05, 3.63) is 53.9 Å². The van der Waals surface area contributed by atoms with Crippen LogP contribution in [-0.4, -0.2) is 76.1 Å². The van der Waals surface area contributed by atoms with Gasteiger partial charge < -0.3 is 19.3 Å². The van der Waals surface area contributed by atoms with Crippen LogP contribution in [0.15, 0.2) is 48.3 Å². The van der Waals surface area contributed by atoms with E-state index in [2.05, 4.69) is 15.2 Å². The SMILES string of the molecule is CC1CO[C@@H](C(F)(F)F)CN1C(=C=O)CN1C(=O)C2(CC(Oc3ccc4[nH]ncc4n3)C2)c2ccccc21. The van der Waals surface area contributed by atoms with Gasteiger partial charge in [0.2, 0.25) is 11.8 Å². The number of nitrogens with one attached hydrogen (secondary N) is 1. The summed E-state index contributed by atoms with van der Waals surface area (Å²) in [6.45, 7) is 0.768. The van der Waals surface area contributed by atoms with Gasteiger partial charge in [0.25, 0.3) is 0 Å². The van der Waals surface area contributed by atoms with E-state index in [4.69, 9.17) is 9.47 Å². The summed E-state index contributed by atoms with van der Waals surface area (Å²) in [5.74, 6) is 2.03. The fraction of sp³-hybridized carbons (Fsp3) is 0.423. The number of H-pyrrole nitrogens is 1. The third-order valence-electron chi connectivity index (χ3n) is 7.65. The van der Waals surface area contributed by atoms with Gasteiger partial charge >= 0.3 is 6.18 Å². The molecule has 1 N–H and O–H groups in total. The molecule has 9 nitrogen and oxygen atoms in total. The Kier molecular flexibility index (Phi) is 5.69. The maximum absolute atomic E-state index is 13.8. The molecule has 1 aromatic carbocycles. The Morgan fingerprint density at radius 2 is 2.05 bits per heavy atom. The summed E-state index contributed by atoms with van der Waals surface area (Å²) in [5.41, 5.74) is 2.06. The van der Waals surface area contributed by atoms with Crippen LogP contribution >= 0.6 is 0 Å². The van der Waals surface area contributed by atoms with Crippen molar-refractivity contribution in [2.75, 3.05) is 24.6 Å². The molecule has 3 aromatic rings. The number of para-hydroxylation sites is 1. The van der Waals surface area contributed by atoms with Gasteiger partial charge in [-0.15, -0.1) is 0 Å². The van der Waals surface area contributed by atoms with E-state index >= 15 is 0 Å². The lowest BCUT2D eigenvalue weighted by Crippen LogP contribution is -2.56. The molecule has 1 spiro atoms. The molecule has 2 aromatic heterocycles. The summed E-state index contributed by atoms with van der Waals surface area (Å²) in [7, 11) is 0. The Hall–Kier alpha value is -3.89. The molecule has 2 aliphatic heterocycles. The van der Waals surface area contributed by atoms with Crippen molar-refractivity contribution in [2.45, 2.75) is 49.6 Å². The van der Waals surface area contributed by atoms with E-state index in [1.807, 2.05) is 18.2 Å². The van der Waals surface area contributed by atoms with Crippen molar-refractivity contribution in [3.63, 3.8) is 0 Å². The molecule has 0 radical (unpaired) electrons. The third kappa shape index (κ3) is 3.91. The van der Waals surface area contributed by atoms with Crippen LogP contribution in [0.2, 0.25) is 0 Å². The topological polar surface area (TPSA) is 101 Å². The minimum Gasteiger partial charge on any atom is -0.474 e. The summed E-state index contributed by atoms with van der Waals surface area (Å²) in [6.07, 6.45) is -4.41. The smallest absolute Gasteiger partial charge is 0.416 e. The highest BCUT2D eigenvalue weighted by Crippen LogP contribution is 2.54. The Bertz CT molecular complexity index is 1440. The molecule has 2 atom stereocenters. The first-order valence-electron chi connectivity index (χ1n) is 12.3. The summed E-state index contributed by atoms with van der Waals surface area (Å²) < 4.78 is 51.0. The number of benzene rings is 1. The van der Waals surface area contributed by atoms with Crippen molar-refractivity contribution in [1.29, 1.82) is 0 Å². The maximum atomic E-state index is 13.8. The highest BCUT2D eigenvalue weighted by Gasteiger charge is 2.59. The van der Waals surface area contributed by atoms with E-state index in [1.54, 1.807) is 37.3 Å². The molecule has 2 fully saturated rings. The average molecular weight is 528 g/mol. The number of alkyl halides is 3. The van der Waals surface area contributed by atoms with Crippen molar-refractivity contribution >= 4 is 28.6 Å². The lowest BCUT2D eigenvalue weighted by Gasteiger charge is -2.43. The highest BCUT2D eigenvalue weighted by atomic mass is 19.4. The first kappa shape index (κ1) is 24.4. The molecule has 198 valence electrons. The first-order chi connectivity index (χ1) is 18.2. The zero-order valence-electron chi connectivity index (χ0n) is 20.4. The summed E-state index contributed by atoms with van der Waals surface area (Å²) in [6, 6.07) is 10.4. The number of halogens is 3. The van der Waals surface area contributed by atoms with Gasteiger partial charge in [0.15, 0.2) is 6.10 Å². The Morgan fingerprint density at radius 1 is 1.26 bits per heavy atom. The molecule has 1 saturated carbocycles. The normalized spacial score (nSPS) is 26.8. The minimum absolute atomic E-state index is 0.0139. The zero-order chi connectivity index (χ0) is 26.7. The number of ether oxygens (including phenoxy) is 2. The second-order valence-corrected chi connectivity index (χ2v) is 10.0. The van der Waals surface area contributed by atoms with Gasteiger partial charge in [0.05, 0.1) is 42.9 Å². The van der Waals surface area contributed by atoms with Crippen LogP contribution in [0.1, 0.15) is 25.3 Å². The lowest BCUT2D eigenvalue weighted by atomic mass is 9.63. The van der Waals surface area contributed by atoms with E-state index < -0.39 is 30.3 Å². The van der Waals surface area contributed by atoms with Crippen LogP contribution in [0.4, 0.5) is 18.9 Å². The van der Waals surface area contributed by atoms with Crippen LogP contribution in [0, 0.1) is 0 Å². The predicted octanol–water partition coefficient (Wildman–Crippen LogP) is 3.15. The van der Waals surface area contributed by atoms with Crippen LogP contribution in [0.3, 0.4) is 0 Å². The molecule has 6 rings (SSSR count). The predicted molar refractivity (Wildman–Crippen MR) is 129 cm³/mol. The molecule has 1 saturated heterocycles. The standard InChI is InChI=1S/C26H24F3N5O4/c1-15-14-37-22(26(27,28)29)12-33(15)16(13-35)11-34-21-5-3-2-4-18(21)25(24(34)36)8-17(9-25)38-23-7-6-19-20(31-23)10-30-32-19/h2-7,10,15,17,22H,8-9,11-12,14H2,1H3,(H,30,32)/t15?,17?,22-,25?/m1/s1. The van der Waals surface area contributed by atoms with Crippen molar-refractivity contribution < 1.29 is 32.2 Å². The number of morpholine rings is 1. The Balaban J connectivity index is 1.21. The van der Waals surface area contributed by atoms with Crippen LogP contribution in [0.25, 0.3) is 11.0 Å². The molecule has 4 heterocycles. The number of carbonyl (C=O) groups excluding carboxylic acids is 2. The van der Waals surface area contributed by atoms with Gasteiger partial charge in [-0.25, -0.2) is 9.78 Å². The first-order valence-corrected chi connectivity index (χ1v) is 12.3. The lowest BCUT2D eigenvalue weighted by molar-refractivity contribution is -0.240. The monoisotopic (exact) mass is 527 g/mol. The van der Waals surface area contributed by atoms with Crippen molar-refractivity contribution in [2.24, 2.45) is 0 Å². The molecule has 3 aliphatic rings. The Labute approximate surface area is 215 Å². The molecule has 1 aliphatic carbocycles. The largest absolute Gasteiger partial charge is 0.474 e. The number of anilines is 1. The maximum Gasteiger partial charge on any atom is 0.416 e. The molecule has 0 bridgehead atoms. The second-order valence-electron chi connectivity index (χ2n) is 10.0.